The van der Waals surface area contributed by atoms with Gasteiger partial charge in [-0.25, -0.2) is 9.67 Å². The largest absolute Gasteiger partial charge is 0.247 e. The van der Waals surface area contributed by atoms with Crippen molar-refractivity contribution in [3.05, 3.63) is 45.4 Å². The van der Waals surface area contributed by atoms with E-state index < -0.39 is 0 Å². The van der Waals surface area contributed by atoms with E-state index in [2.05, 4.69) is 10.1 Å². The van der Waals surface area contributed by atoms with Crippen LogP contribution in [-0.2, 0) is 6.54 Å². The first-order valence-corrected chi connectivity index (χ1v) is 5.27. The van der Waals surface area contributed by atoms with Gasteiger partial charge in [-0.05, 0) is 29.3 Å². The van der Waals surface area contributed by atoms with Gasteiger partial charge in [-0.3, -0.25) is 0 Å². The Kier molecular flexibility index (Phi) is 3.14. The fourth-order valence-electron chi connectivity index (χ4n) is 1.17. The van der Waals surface area contributed by atoms with E-state index in [1.807, 2.05) is 6.07 Å². The van der Waals surface area contributed by atoms with E-state index in [-0.39, 0.29) is 5.28 Å². The number of hydrogen-bond donors (Lipinski definition) is 0. The molecule has 0 amide bonds. The fourth-order valence-corrected chi connectivity index (χ4v) is 1.63. The Bertz CT molecular complexity index is 481. The molecule has 0 atom stereocenters. The van der Waals surface area contributed by atoms with Gasteiger partial charge in [0.25, 0.3) is 0 Å². The molecule has 0 fully saturated rings. The highest BCUT2D eigenvalue weighted by Crippen LogP contribution is 2.22. The number of halogens is 3. The third-order valence-corrected chi connectivity index (χ3v) is 2.75. The number of hydrogen-bond acceptors (Lipinski definition) is 2. The van der Waals surface area contributed by atoms with Gasteiger partial charge < -0.3 is 0 Å². The Hall–Kier alpha value is -0.770. The first-order chi connectivity index (χ1) is 7.15. The average molecular weight is 263 g/mol. The third kappa shape index (κ3) is 2.62. The molecule has 0 aliphatic rings. The minimum absolute atomic E-state index is 0.232. The number of rotatable bonds is 2. The van der Waals surface area contributed by atoms with Gasteiger partial charge in [0.2, 0.25) is 5.28 Å². The molecule has 6 heteroatoms. The highest BCUT2D eigenvalue weighted by molar-refractivity contribution is 6.42. The van der Waals surface area contributed by atoms with Gasteiger partial charge in [-0.1, -0.05) is 29.3 Å². The molecule has 15 heavy (non-hydrogen) atoms. The lowest BCUT2D eigenvalue weighted by Gasteiger charge is -2.02. The Morgan fingerprint density at radius 1 is 1.13 bits per heavy atom. The summed E-state index contributed by atoms with van der Waals surface area (Å²) in [6.45, 7) is 0.566. The molecule has 78 valence electrons. The van der Waals surface area contributed by atoms with Crippen LogP contribution in [0.2, 0.25) is 15.3 Å². The lowest BCUT2D eigenvalue weighted by atomic mass is 10.2. The van der Waals surface area contributed by atoms with Gasteiger partial charge in [0.1, 0.15) is 6.33 Å². The van der Waals surface area contributed by atoms with Gasteiger partial charge in [-0.15, -0.1) is 5.10 Å². The summed E-state index contributed by atoms with van der Waals surface area (Å²) in [5, 5.41) is 5.25. The molecule has 0 spiro atoms. The monoisotopic (exact) mass is 261 g/mol. The fraction of sp³-hybridized carbons (Fsp3) is 0.111. The molecule has 2 rings (SSSR count). The van der Waals surface area contributed by atoms with Crippen LogP contribution in [0.5, 0.6) is 0 Å². The zero-order valence-electron chi connectivity index (χ0n) is 7.49. The van der Waals surface area contributed by atoms with E-state index in [0.717, 1.165) is 5.56 Å². The van der Waals surface area contributed by atoms with Crippen molar-refractivity contribution in [1.29, 1.82) is 0 Å². The lowest BCUT2D eigenvalue weighted by Crippen LogP contribution is -1.99. The Balaban J connectivity index is 2.21. The maximum Gasteiger partial charge on any atom is 0.242 e. The van der Waals surface area contributed by atoms with Crippen LogP contribution in [0.1, 0.15) is 5.56 Å². The van der Waals surface area contributed by atoms with Crippen molar-refractivity contribution in [1.82, 2.24) is 14.8 Å². The maximum atomic E-state index is 5.88. The van der Waals surface area contributed by atoms with E-state index in [9.17, 15) is 0 Å². The van der Waals surface area contributed by atoms with Gasteiger partial charge in [-0.2, -0.15) is 0 Å². The molecule has 0 N–H and O–H groups in total. The molecule has 0 saturated heterocycles. The average Bonchev–Trinajstić information content (AvgIpc) is 2.58. The second-order valence-electron chi connectivity index (χ2n) is 2.96. The number of benzene rings is 1. The standard InChI is InChI=1S/C9H6Cl3N3/c10-7-2-1-6(3-8(7)11)4-15-5-13-9(12)14-15/h1-3,5H,4H2. The maximum absolute atomic E-state index is 5.88. The van der Waals surface area contributed by atoms with E-state index in [4.69, 9.17) is 34.8 Å². The molecule has 1 heterocycles. The minimum Gasteiger partial charge on any atom is -0.247 e. The van der Waals surface area contributed by atoms with E-state index >= 15 is 0 Å². The molecule has 3 nitrogen and oxygen atoms in total. The first kappa shape index (κ1) is 10.7. The Morgan fingerprint density at radius 2 is 1.93 bits per heavy atom. The van der Waals surface area contributed by atoms with E-state index in [1.54, 1.807) is 23.1 Å². The highest BCUT2D eigenvalue weighted by atomic mass is 35.5. The van der Waals surface area contributed by atoms with Crippen molar-refractivity contribution in [2.75, 3.05) is 0 Å². The van der Waals surface area contributed by atoms with Gasteiger partial charge in [0, 0.05) is 0 Å². The molecule has 1 aromatic carbocycles. The molecular formula is C9H6Cl3N3. The zero-order valence-corrected chi connectivity index (χ0v) is 9.76. The van der Waals surface area contributed by atoms with Crippen LogP contribution in [0.3, 0.4) is 0 Å². The SMILES string of the molecule is Clc1ncn(Cc2ccc(Cl)c(Cl)c2)n1. The summed E-state index contributed by atoms with van der Waals surface area (Å²) in [5.41, 5.74) is 0.992. The van der Waals surface area contributed by atoms with Gasteiger partial charge in [0.15, 0.2) is 0 Å². The van der Waals surface area contributed by atoms with Crippen molar-refractivity contribution in [2.24, 2.45) is 0 Å². The molecule has 0 aliphatic carbocycles. The molecule has 2 aromatic rings. The smallest absolute Gasteiger partial charge is 0.242 e. The quantitative estimate of drug-likeness (QED) is 0.831. The normalized spacial score (nSPS) is 10.6. The Labute approximate surface area is 102 Å². The second-order valence-corrected chi connectivity index (χ2v) is 4.11. The summed E-state index contributed by atoms with van der Waals surface area (Å²) in [7, 11) is 0. The van der Waals surface area contributed by atoms with Crippen LogP contribution >= 0.6 is 34.8 Å². The van der Waals surface area contributed by atoms with Crippen molar-refractivity contribution < 1.29 is 0 Å². The molecular weight excluding hydrogens is 256 g/mol. The van der Waals surface area contributed by atoms with Crippen molar-refractivity contribution >= 4 is 34.8 Å². The van der Waals surface area contributed by atoms with Crippen LogP contribution in [0.4, 0.5) is 0 Å². The highest BCUT2D eigenvalue weighted by Gasteiger charge is 2.02. The van der Waals surface area contributed by atoms with Crippen molar-refractivity contribution in [3.63, 3.8) is 0 Å². The summed E-state index contributed by atoms with van der Waals surface area (Å²) in [4.78, 5) is 3.81. The summed E-state index contributed by atoms with van der Waals surface area (Å²) in [6.07, 6.45) is 1.56. The predicted molar refractivity (Wildman–Crippen MR) is 60.6 cm³/mol. The molecule has 0 bridgehead atoms. The molecule has 0 aliphatic heterocycles. The van der Waals surface area contributed by atoms with Gasteiger partial charge >= 0.3 is 0 Å². The van der Waals surface area contributed by atoms with Crippen LogP contribution in [0.15, 0.2) is 24.5 Å². The molecule has 0 unspecified atom stereocenters. The minimum atomic E-state index is 0.232. The van der Waals surface area contributed by atoms with E-state index in [1.165, 1.54) is 0 Å². The molecule has 0 saturated carbocycles. The van der Waals surface area contributed by atoms with E-state index in [0.29, 0.717) is 16.6 Å². The molecule has 1 aromatic heterocycles. The van der Waals surface area contributed by atoms with Crippen LogP contribution in [0, 0.1) is 0 Å². The summed E-state index contributed by atoms with van der Waals surface area (Å²) in [6, 6.07) is 5.42. The predicted octanol–water partition coefficient (Wildman–Crippen LogP) is 3.29. The summed E-state index contributed by atoms with van der Waals surface area (Å²) in [5.74, 6) is 0. The van der Waals surface area contributed by atoms with Crippen LogP contribution in [-0.4, -0.2) is 14.8 Å². The number of nitrogens with zero attached hydrogens (tertiary/aromatic N) is 3. The zero-order chi connectivity index (χ0) is 10.8. The number of aromatic nitrogens is 3. The van der Waals surface area contributed by atoms with Gasteiger partial charge in [0.05, 0.1) is 16.6 Å². The third-order valence-electron chi connectivity index (χ3n) is 1.84. The van der Waals surface area contributed by atoms with Crippen molar-refractivity contribution in [3.8, 4) is 0 Å². The lowest BCUT2D eigenvalue weighted by molar-refractivity contribution is 0.685. The summed E-state index contributed by atoms with van der Waals surface area (Å²) >= 11 is 17.3. The first-order valence-electron chi connectivity index (χ1n) is 4.14. The van der Waals surface area contributed by atoms with Crippen molar-refractivity contribution in [2.45, 2.75) is 6.54 Å². The second kappa shape index (κ2) is 4.39. The topological polar surface area (TPSA) is 30.7 Å². The Morgan fingerprint density at radius 3 is 2.53 bits per heavy atom. The summed E-state index contributed by atoms with van der Waals surface area (Å²) < 4.78 is 1.63. The van der Waals surface area contributed by atoms with Crippen LogP contribution in [0.25, 0.3) is 0 Å². The van der Waals surface area contributed by atoms with Crippen LogP contribution < -0.4 is 0 Å². The molecule has 0 radical (unpaired) electrons.